The Morgan fingerprint density at radius 2 is 1.77 bits per heavy atom. The SMILES string of the molecule is CCOC(=O)C(CC(C(=O)O)c1ccc(C#N)cc1)C(=O)O. The molecule has 0 aliphatic heterocycles. The summed E-state index contributed by atoms with van der Waals surface area (Å²) in [5.74, 6) is -6.39. The number of hydrogen-bond donors (Lipinski definition) is 2. The fourth-order valence-corrected chi connectivity index (χ4v) is 1.95. The molecule has 1 aromatic carbocycles. The van der Waals surface area contributed by atoms with Gasteiger partial charge >= 0.3 is 17.9 Å². The van der Waals surface area contributed by atoms with Gasteiger partial charge in [0.05, 0.1) is 24.2 Å². The number of aliphatic carboxylic acids is 2. The minimum absolute atomic E-state index is 0.0111. The third-order valence-electron chi connectivity index (χ3n) is 3.08. The number of carbonyl (C=O) groups is 3. The Morgan fingerprint density at radius 1 is 1.18 bits per heavy atom. The number of nitrogens with zero attached hydrogens (tertiary/aromatic N) is 1. The van der Waals surface area contributed by atoms with Crippen LogP contribution in [0.4, 0.5) is 0 Å². The van der Waals surface area contributed by atoms with Crippen molar-refractivity contribution in [3.63, 3.8) is 0 Å². The molecule has 0 radical (unpaired) electrons. The van der Waals surface area contributed by atoms with Gasteiger partial charge in [-0.05, 0) is 31.0 Å². The van der Waals surface area contributed by atoms with Crippen molar-refractivity contribution in [1.29, 1.82) is 5.26 Å². The first-order chi connectivity index (χ1) is 10.4. The first kappa shape index (κ1) is 17.2. The van der Waals surface area contributed by atoms with Gasteiger partial charge in [-0.25, -0.2) is 0 Å². The van der Waals surface area contributed by atoms with Gasteiger partial charge in [0.15, 0.2) is 5.92 Å². The summed E-state index contributed by atoms with van der Waals surface area (Å²) >= 11 is 0. The summed E-state index contributed by atoms with van der Waals surface area (Å²) in [5.41, 5.74) is 0.676. The fourth-order valence-electron chi connectivity index (χ4n) is 1.95. The Labute approximate surface area is 126 Å². The third kappa shape index (κ3) is 4.31. The van der Waals surface area contributed by atoms with Crippen LogP contribution in [0.5, 0.6) is 0 Å². The maximum atomic E-state index is 11.6. The van der Waals surface area contributed by atoms with Crippen molar-refractivity contribution in [2.24, 2.45) is 5.92 Å². The lowest BCUT2D eigenvalue weighted by Gasteiger charge is -2.17. The Hall–Kier alpha value is -2.88. The van der Waals surface area contributed by atoms with Gasteiger partial charge in [-0.2, -0.15) is 5.26 Å². The highest BCUT2D eigenvalue weighted by atomic mass is 16.5. The lowest BCUT2D eigenvalue weighted by Crippen LogP contribution is -2.29. The Balaban J connectivity index is 3.03. The Morgan fingerprint density at radius 3 is 2.18 bits per heavy atom. The second kappa shape index (κ2) is 7.78. The molecule has 1 aromatic rings. The van der Waals surface area contributed by atoms with Crippen LogP contribution < -0.4 is 0 Å². The van der Waals surface area contributed by atoms with E-state index >= 15 is 0 Å². The van der Waals surface area contributed by atoms with E-state index in [1.54, 1.807) is 0 Å². The monoisotopic (exact) mass is 305 g/mol. The fraction of sp³-hybridized carbons (Fsp3) is 0.333. The highest BCUT2D eigenvalue weighted by molar-refractivity contribution is 5.94. The molecule has 0 saturated heterocycles. The molecule has 22 heavy (non-hydrogen) atoms. The van der Waals surface area contributed by atoms with E-state index in [1.807, 2.05) is 6.07 Å². The molecule has 7 heteroatoms. The van der Waals surface area contributed by atoms with Crippen LogP contribution in [0.2, 0.25) is 0 Å². The van der Waals surface area contributed by atoms with Crippen molar-refractivity contribution < 1.29 is 29.3 Å². The van der Waals surface area contributed by atoms with Crippen molar-refractivity contribution >= 4 is 17.9 Å². The number of ether oxygens (including phenoxy) is 1. The van der Waals surface area contributed by atoms with Crippen LogP contribution in [-0.4, -0.2) is 34.7 Å². The standard InChI is InChI=1S/C15H15NO6/c1-2-22-15(21)12(14(19)20)7-11(13(17)18)10-5-3-9(8-16)4-6-10/h3-6,11-12H,2,7H2,1H3,(H,17,18)(H,19,20). The molecular formula is C15H15NO6. The number of carboxylic acid groups (broad SMARTS) is 2. The van der Waals surface area contributed by atoms with E-state index in [0.717, 1.165) is 0 Å². The molecule has 0 saturated carbocycles. The number of nitriles is 1. The van der Waals surface area contributed by atoms with Gasteiger partial charge in [-0.3, -0.25) is 14.4 Å². The summed E-state index contributed by atoms with van der Waals surface area (Å²) in [6.07, 6.45) is -0.421. The quantitative estimate of drug-likeness (QED) is 0.575. The lowest BCUT2D eigenvalue weighted by molar-refractivity contribution is -0.159. The molecule has 0 fully saturated rings. The zero-order chi connectivity index (χ0) is 16.7. The van der Waals surface area contributed by atoms with Gasteiger partial charge < -0.3 is 14.9 Å². The van der Waals surface area contributed by atoms with E-state index in [-0.39, 0.29) is 6.61 Å². The second-order valence-corrected chi connectivity index (χ2v) is 4.50. The van der Waals surface area contributed by atoms with Gasteiger partial charge in [0.25, 0.3) is 0 Å². The van der Waals surface area contributed by atoms with Crippen molar-refractivity contribution in [1.82, 2.24) is 0 Å². The van der Waals surface area contributed by atoms with E-state index in [2.05, 4.69) is 4.74 Å². The predicted molar refractivity (Wildman–Crippen MR) is 73.9 cm³/mol. The molecule has 0 spiro atoms. The molecule has 0 heterocycles. The van der Waals surface area contributed by atoms with Crippen LogP contribution in [0.1, 0.15) is 30.4 Å². The molecule has 1 rings (SSSR count). The smallest absolute Gasteiger partial charge is 0.320 e. The van der Waals surface area contributed by atoms with E-state index in [1.165, 1.54) is 31.2 Å². The molecular weight excluding hydrogens is 290 g/mol. The molecule has 0 aliphatic rings. The van der Waals surface area contributed by atoms with Crippen LogP contribution in [0.15, 0.2) is 24.3 Å². The summed E-state index contributed by atoms with van der Waals surface area (Å²) in [6, 6.07) is 7.64. The number of esters is 1. The minimum atomic E-state index is -1.56. The van der Waals surface area contributed by atoms with Crippen molar-refractivity contribution in [3.05, 3.63) is 35.4 Å². The van der Waals surface area contributed by atoms with Gasteiger partial charge in [-0.1, -0.05) is 12.1 Å². The number of carbonyl (C=O) groups excluding carboxylic acids is 1. The zero-order valence-electron chi connectivity index (χ0n) is 11.9. The van der Waals surface area contributed by atoms with E-state index in [0.29, 0.717) is 11.1 Å². The lowest BCUT2D eigenvalue weighted by atomic mass is 9.88. The van der Waals surface area contributed by atoms with E-state index < -0.39 is 36.2 Å². The maximum Gasteiger partial charge on any atom is 0.320 e. The summed E-state index contributed by atoms with van der Waals surface area (Å²) in [5, 5.41) is 27.1. The largest absolute Gasteiger partial charge is 0.481 e. The van der Waals surface area contributed by atoms with Crippen LogP contribution >= 0.6 is 0 Å². The molecule has 2 N–H and O–H groups in total. The molecule has 116 valence electrons. The third-order valence-corrected chi connectivity index (χ3v) is 3.08. The number of benzene rings is 1. The molecule has 7 nitrogen and oxygen atoms in total. The Kier molecular flexibility index (Phi) is 6.08. The van der Waals surface area contributed by atoms with Crippen LogP contribution in [0.3, 0.4) is 0 Å². The highest BCUT2D eigenvalue weighted by Crippen LogP contribution is 2.26. The molecule has 0 aliphatic carbocycles. The zero-order valence-corrected chi connectivity index (χ0v) is 11.9. The molecule has 0 aromatic heterocycles. The molecule has 0 bridgehead atoms. The number of carboxylic acids is 2. The normalized spacial score (nSPS) is 12.7. The van der Waals surface area contributed by atoms with Crippen molar-refractivity contribution in [2.75, 3.05) is 6.61 Å². The summed E-state index contributed by atoms with van der Waals surface area (Å²) in [6.45, 7) is 1.54. The first-order valence-electron chi connectivity index (χ1n) is 6.53. The molecule has 0 amide bonds. The van der Waals surface area contributed by atoms with E-state index in [9.17, 15) is 19.5 Å². The maximum absolute atomic E-state index is 11.6. The number of hydrogen-bond acceptors (Lipinski definition) is 5. The average molecular weight is 305 g/mol. The minimum Gasteiger partial charge on any atom is -0.481 e. The van der Waals surface area contributed by atoms with E-state index in [4.69, 9.17) is 10.4 Å². The average Bonchev–Trinajstić information content (AvgIpc) is 2.47. The van der Waals surface area contributed by atoms with Crippen LogP contribution in [0, 0.1) is 17.2 Å². The topological polar surface area (TPSA) is 125 Å². The predicted octanol–water partition coefficient (Wildman–Crippen LogP) is 1.38. The molecule has 2 unspecified atom stereocenters. The van der Waals surface area contributed by atoms with Gasteiger partial charge in [0.2, 0.25) is 0 Å². The summed E-state index contributed by atoms with van der Waals surface area (Å²) < 4.78 is 4.66. The van der Waals surface area contributed by atoms with Crippen molar-refractivity contribution in [2.45, 2.75) is 19.3 Å². The van der Waals surface area contributed by atoms with Gasteiger partial charge in [0, 0.05) is 0 Å². The highest BCUT2D eigenvalue weighted by Gasteiger charge is 2.34. The van der Waals surface area contributed by atoms with Crippen LogP contribution in [-0.2, 0) is 19.1 Å². The van der Waals surface area contributed by atoms with Gasteiger partial charge in [-0.15, -0.1) is 0 Å². The number of rotatable bonds is 7. The first-order valence-corrected chi connectivity index (χ1v) is 6.53. The summed E-state index contributed by atoms with van der Waals surface area (Å²) in [7, 11) is 0. The van der Waals surface area contributed by atoms with Crippen LogP contribution in [0.25, 0.3) is 0 Å². The molecule has 2 atom stereocenters. The summed E-state index contributed by atoms with van der Waals surface area (Å²) in [4.78, 5) is 34.2. The van der Waals surface area contributed by atoms with Crippen molar-refractivity contribution in [3.8, 4) is 6.07 Å². The Bertz CT molecular complexity index is 601. The van der Waals surface area contributed by atoms with Gasteiger partial charge in [0.1, 0.15) is 0 Å². The second-order valence-electron chi connectivity index (χ2n) is 4.50.